The molecule has 0 aromatic carbocycles. The van der Waals surface area contributed by atoms with Crippen LogP contribution in [0.4, 0.5) is 5.95 Å². The molecule has 0 N–H and O–H groups in total. The summed E-state index contributed by atoms with van der Waals surface area (Å²) in [6.07, 6.45) is 4.82. The van der Waals surface area contributed by atoms with Crippen LogP contribution in [0.1, 0.15) is 46.5 Å². The van der Waals surface area contributed by atoms with E-state index in [0.29, 0.717) is 24.0 Å². The lowest BCUT2D eigenvalue weighted by Gasteiger charge is -2.40. The van der Waals surface area contributed by atoms with Gasteiger partial charge in [0.15, 0.2) is 0 Å². The maximum absolute atomic E-state index is 5.95. The van der Waals surface area contributed by atoms with E-state index in [4.69, 9.17) is 16.3 Å². The molecule has 1 aromatic rings. The van der Waals surface area contributed by atoms with Crippen LogP contribution >= 0.6 is 11.6 Å². The van der Waals surface area contributed by atoms with E-state index in [1.54, 1.807) is 0 Å². The standard InChI is InChI=1S/C14H23ClN4O/c1-4-14(5-2)7-9-19(10-8-14)12-16-11(15)17-13(18-12)20-6-3/h4-10H2,1-3H3. The molecule has 0 amide bonds. The van der Waals surface area contributed by atoms with Gasteiger partial charge in [0.05, 0.1) is 6.61 Å². The minimum atomic E-state index is 0.196. The number of rotatable bonds is 5. The van der Waals surface area contributed by atoms with Crippen molar-refractivity contribution in [2.45, 2.75) is 46.5 Å². The minimum absolute atomic E-state index is 0.196. The molecule has 0 saturated carbocycles. The van der Waals surface area contributed by atoms with Crippen LogP contribution in [-0.4, -0.2) is 34.6 Å². The van der Waals surface area contributed by atoms with Crippen molar-refractivity contribution < 1.29 is 4.74 Å². The predicted molar refractivity (Wildman–Crippen MR) is 80.5 cm³/mol. The summed E-state index contributed by atoms with van der Waals surface area (Å²) in [6.45, 7) is 8.92. The highest BCUT2D eigenvalue weighted by molar-refractivity contribution is 6.28. The monoisotopic (exact) mass is 298 g/mol. The van der Waals surface area contributed by atoms with E-state index >= 15 is 0 Å². The third kappa shape index (κ3) is 3.32. The Bertz CT molecular complexity index is 441. The molecule has 0 bridgehead atoms. The summed E-state index contributed by atoms with van der Waals surface area (Å²) in [4.78, 5) is 14.7. The molecule has 2 rings (SSSR count). The fraction of sp³-hybridized carbons (Fsp3) is 0.786. The van der Waals surface area contributed by atoms with Gasteiger partial charge in [0.2, 0.25) is 11.2 Å². The Labute approximate surface area is 125 Å². The van der Waals surface area contributed by atoms with Gasteiger partial charge in [-0.05, 0) is 36.8 Å². The molecule has 0 radical (unpaired) electrons. The van der Waals surface area contributed by atoms with E-state index in [2.05, 4.69) is 33.7 Å². The van der Waals surface area contributed by atoms with Crippen molar-refractivity contribution in [2.75, 3.05) is 24.6 Å². The van der Waals surface area contributed by atoms with E-state index in [-0.39, 0.29) is 5.28 Å². The summed E-state index contributed by atoms with van der Waals surface area (Å²) < 4.78 is 5.33. The van der Waals surface area contributed by atoms with Gasteiger partial charge in [-0.25, -0.2) is 0 Å². The van der Waals surface area contributed by atoms with Crippen molar-refractivity contribution in [3.63, 3.8) is 0 Å². The lowest BCUT2D eigenvalue weighted by molar-refractivity contribution is 0.198. The smallest absolute Gasteiger partial charge is 0.322 e. The van der Waals surface area contributed by atoms with Crippen molar-refractivity contribution >= 4 is 17.5 Å². The molecule has 6 heteroatoms. The second kappa shape index (κ2) is 6.57. The van der Waals surface area contributed by atoms with Crippen LogP contribution in [-0.2, 0) is 0 Å². The number of nitrogens with zero attached hydrogens (tertiary/aromatic N) is 4. The van der Waals surface area contributed by atoms with E-state index in [0.717, 1.165) is 13.1 Å². The van der Waals surface area contributed by atoms with Gasteiger partial charge < -0.3 is 9.64 Å². The van der Waals surface area contributed by atoms with E-state index < -0.39 is 0 Å². The largest absolute Gasteiger partial charge is 0.464 e. The van der Waals surface area contributed by atoms with Crippen LogP contribution in [0.3, 0.4) is 0 Å². The Hall–Kier alpha value is -1.10. The summed E-state index contributed by atoms with van der Waals surface area (Å²) in [5.74, 6) is 0.634. The predicted octanol–water partition coefficient (Wildman–Crippen LogP) is 3.33. The van der Waals surface area contributed by atoms with Gasteiger partial charge in [-0.2, -0.15) is 15.0 Å². The summed E-state index contributed by atoms with van der Waals surface area (Å²) >= 11 is 5.95. The van der Waals surface area contributed by atoms with Crippen LogP contribution in [0, 0.1) is 5.41 Å². The Kier molecular flexibility index (Phi) is 5.02. The van der Waals surface area contributed by atoms with Gasteiger partial charge in [0.25, 0.3) is 0 Å². The maximum Gasteiger partial charge on any atom is 0.322 e. The average Bonchev–Trinajstić information content (AvgIpc) is 2.47. The summed E-state index contributed by atoms with van der Waals surface area (Å²) in [5.41, 5.74) is 0.482. The van der Waals surface area contributed by atoms with Gasteiger partial charge >= 0.3 is 6.01 Å². The molecule has 2 heterocycles. The van der Waals surface area contributed by atoms with E-state index in [1.165, 1.54) is 25.7 Å². The highest BCUT2D eigenvalue weighted by Crippen LogP contribution is 2.38. The zero-order valence-electron chi connectivity index (χ0n) is 12.5. The number of hydrogen-bond acceptors (Lipinski definition) is 5. The van der Waals surface area contributed by atoms with E-state index in [1.807, 2.05) is 6.92 Å². The summed E-state index contributed by atoms with van der Waals surface area (Å²) in [5, 5.41) is 0.196. The van der Waals surface area contributed by atoms with E-state index in [9.17, 15) is 0 Å². The highest BCUT2D eigenvalue weighted by Gasteiger charge is 2.32. The molecule has 20 heavy (non-hydrogen) atoms. The molecule has 1 aromatic heterocycles. The lowest BCUT2D eigenvalue weighted by Crippen LogP contribution is -2.40. The van der Waals surface area contributed by atoms with Gasteiger partial charge in [-0.3, -0.25) is 0 Å². The Morgan fingerprint density at radius 1 is 1.10 bits per heavy atom. The summed E-state index contributed by atoms with van der Waals surface area (Å²) in [6, 6.07) is 0.310. The maximum atomic E-state index is 5.95. The third-order valence-corrected chi connectivity index (χ3v) is 4.63. The molecule has 1 saturated heterocycles. The Balaban J connectivity index is 2.10. The fourth-order valence-corrected chi connectivity index (χ4v) is 2.94. The number of piperidine rings is 1. The number of aromatic nitrogens is 3. The molecule has 1 aliphatic rings. The number of hydrogen-bond donors (Lipinski definition) is 0. The fourth-order valence-electron chi connectivity index (χ4n) is 2.80. The lowest BCUT2D eigenvalue weighted by atomic mass is 9.74. The molecule has 0 atom stereocenters. The third-order valence-electron chi connectivity index (χ3n) is 4.46. The van der Waals surface area contributed by atoms with Crippen LogP contribution in [0.25, 0.3) is 0 Å². The first-order valence-electron chi connectivity index (χ1n) is 7.42. The SMILES string of the molecule is CCOc1nc(Cl)nc(N2CCC(CC)(CC)CC2)n1. The van der Waals surface area contributed by atoms with Gasteiger partial charge in [-0.15, -0.1) is 0 Å². The molecule has 0 spiro atoms. The quantitative estimate of drug-likeness (QED) is 0.834. The van der Waals surface area contributed by atoms with Crippen molar-refractivity contribution in [3.8, 4) is 6.01 Å². The Morgan fingerprint density at radius 3 is 2.30 bits per heavy atom. The molecule has 1 aliphatic heterocycles. The zero-order valence-corrected chi connectivity index (χ0v) is 13.3. The topological polar surface area (TPSA) is 51.1 Å². The number of ether oxygens (including phenoxy) is 1. The molecule has 0 aliphatic carbocycles. The van der Waals surface area contributed by atoms with Crippen molar-refractivity contribution in [1.29, 1.82) is 0 Å². The molecular formula is C14H23ClN4O. The van der Waals surface area contributed by atoms with Crippen molar-refractivity contribution in [3.05, 3.63) is 5.28 Å². The first-order valence-corrected chi connectivity index (χ1v) is 7.79. The molecular weight excluding hydrogens is 276 g/mol. The van der Waals surface area contributed by atoms with Crippen LogP contribution < -0.4 is 9.64 Å². The molecule has 5 nitrogen and oxygen atoms in total. The average molecular weight is 299 g/mol. The number of anilines is 1. The molecule has 0 unspecified atom stereocenters. The second-order valence-corrected chi connectivity index (χ2v) is 5.65. The molecule has 1 fully saturated rings. The van der Waals surface area contributed by atoms with Gasteiger partial charge in [0, 0.05) is 13.1 Å². The summed E-state index contributed by atoms with van der Waals surface area (Å²) in [7, 11) is 0. The normalized spacial score (nSPS) is 18.1. The van der Waals surface area contributed by atoms with Crippen LogP contribution in [0.15, 0.2) is 0 Å². The van der Waals surface area contributed by atoms with Gasteiger partial charge in [0.1, 0.15) is 0 Å². The second-order valence-electron chi connectivity index (χ2n) is 5.31. The first-order chi connectivity index (χ1) is 9.62. The van der Waals surface area contributed by atoms with Gasteiger partial charge in [-0.1, -0.05) is 26.7 Å². The number of halogens is 1. The molecule has 112 valence electrons. The Morgan fingerprint density at radius 2 is 1.75 bits per heavy atom. The minimum Gasteiger partial charge on any atom is -0.464 e. The van der Waals surface area contributed by atoms with Crippen molar-refractivity contribution in [1.82, 2.24) is 15.0 Å². The highest BCUT2D eigenvalue weighted by atomic mass is 35.5. The van der Waals surface area contributed by atoms with Crippen LogP contribution in [0.5, 0.6) is 6.01 Å². The van der Waals surface area contributed by atoms with Crippen LogP contribution in [0.2, 0.25) is 5.28 Å². The zero-order chi connectivity index (χ0) is 14.6. The first kappa shape index (κ1) is 15.3. The van der Waals surface area contributed by atoms with Crippen molar-refractivity contribution in [2.24, 2.45) is 5.41 Å².